The van der Waals surface area contributed by atoms with Crippen LogP contribution >= 0.6 is 11.6 Å². The van der Waals surface area contributed by atoms with Gasteiger partial charge in [-0.25, -0.2) is 0 Å². The third-order valence-electron chi connectivity index (χ3n) is 3.46. The van der Waals surface area contributed by atoms with Crippen LogP contribution < -0.4 is 5.73 Å². The van der Waals surface area contributed by atoms with Crippen LogP contribution in [0.25, 0.3) is 0 Å². The topological polar surface area (TPSA) is 29.3 Å². The van der Waals surface area contributed by atoms with Crippen LogP contribution in [0, 0.1) is 0 Å². The smallest absolute Gasteiger partial charge is 0.0408 e. The van der Waals surface area contributed by atoms with Gasteiger partial charge in [0.15, 0.2) is 0 Å². The van der Waals surface area contributed by atoms with Crippen molar-refractivity contribution in [2.75, 3.05) is 20.1 Å². The highest BCUT2D eigenvalue weighted by molar-refractivity contribution is 6.30. The first-order valence-electron chi connectivity index (χ1n) is 5.86. The average molecular weight is 239 g/mol. The van der Waals surface area contributed by atoms with Crippen molar-refractivity contribution in [3.63, 3.8) is 0 Å². The Balaban J connectivity index is 2.18. The molecule has 0 radical (unpaired) electrons. The summed E-state index contributed by atoms with van der Waals surface area (Å²) in [4.78, 5) is 2.35. The molecule has 0 saturated carbocycles. The minimum atomic E-state index is 0.253. The molecule has 1 aromatic carbocycles. The highest BCUT2D eigenvalue weighted by Crippen LogP contribution is 2.28. The van der Waals surface area contributed by atoms with Gasteiger partial charge in [0.05, 0.1) is 0 Å². The molecule has 1 aliphatic rings. The minimum Gasteiger partial charge on any atom is -0.327 e. The Morgan fingerprint density at radius 1 is 1.31 bits per heavy atom. The molecule has 1 fully saturated rings. The molecule has 2 N–H and O–H groups in total. The van der Waals surface area contributed by atoms with Gasteiger partial charge in [-0.2, -0.15) is 0 Å². The van der Waals surface area contributed by atoms with Crippen molar-refractivity contribution in [2.45, 2.75) is 24.8 Å². The van der Waals surface area contributed by atoms with E-state index in [0.717, 1.165) is 31.0 Å². The Bertz CT molecular complexity index is 354. The summed E-state index contributed by atoms with van der Waals surface area (Å²) in [6.07, 6.45) is 2.19. The first-order valence-corrected chi connectivity index (χ1v) is 6.24. The molecule has 16 heavy (non-hydrogen) atoms. The van der Waals surface area contributed by atoms with Crippen LogP contribution in [0.4, 0.5) is 0 Å². The van der Waals surface area contributed by atoms with Gasteiger partial charge in [0.1, 0.15) is 0 Å². The van der Waals surface area contributed by atoms with Crippen molar-refractivity contribution in [1.29, 1.82) is 0 Å². The Labute approximate surface area is 102 Å². The number of nitrogens with zero attached hydrogens (tertiary/aromatic N) is 1. The fourth-order valence-electron chi connectivity index (χ4n) is 2.41. The molecule has 1 aromatic rings. The fourth-order valence-corrected chi connectivity index (χ4v) is 2.61. The van der Waals surface area contributed by atoms with E-state index in [1.807, 2.05) is 12.1 Å². The number of hydrogen-bond donors (Lipinski definition) is 1. The zero-order valence-electron chi connectivity index (χ0n) is 9.70. The lowest BCUT2D eigenvalue weighted by Gasteiger charge is -2.21. The van der Waals surface area contributed by atoms with E-state index in [0.29, 0.717) is 5.92 Å². The van der Waals surface area contributed by atoms with Crippen LogP contribution in [0.15, 0.2) is 24.3 Å². The van der Waals surface area contributed by atoms with Crippen molar-refractivity contribution in [3.05, 3.63) is 34.9 Å². The Hall–Kier alpha value is -0.570. The summed E-state index contributed by atoms with van der Waals surface area (Å²) >= 11 is 6.03. The second kappa shape index (κ2) is 5.17. The van der Waals surface area contributed by atoms with Gasteiger partial charge in [-0.3, -0.25) is 0 Å². The molecule has 2 unspecified atom stereocenters. The normalized spacial score (nSPS) is 27.7. The zero-order chi connectivity index (χ0) is 11.5. The number of nitrogens with two attached hydrogens (primary N) is 1. The SMILES string of the molecule is CN1CCC(N)C(c2cccc(Cl)c2)CC1. The van der Waals surface area contributed by atoms with Gasteiger partial charge in [-0.1, -0.05) is 23.7 Å². The number of likely N-dealkylation sites (tertiary alicyclic amines) is 1. The number of hydrogen-bond acceptors (Lipinski definition) is 2. The maximum Gasteiger partial charge on any atom is 0.0408 e. The van der Waals surface area contributed by atoms with Gasteiger partial charge in [-0.05, 0) is 50.7 Å². The lowest BCUT2D eigenvalue weighted by atomic mass is 9.88. The van der Waals surface area contributed by atoms with Gasteiger partial charge >= 0.3 is 0 Å². The van der Waals surface area contributed by atoms with E-state index < -0.39 is 0 Å². The van der Waals surface area contributed by atoms with E-state index in [4.69, 9.17) is 17.3 Å². The Kier molecular flexibility index (Phi) is 3.85. The molecule has 0 aliphatic carbocycles. The summed E-state index contributed by atoms with van der Waals surface area (Å²) in [6, 6.07) is 8.38. The minimum absolute atomic E-state index is 0.253. The largest absolute Gasteiger partial charge is 0.327 e. The molecule has 88 valence electrons. The van der Waals surface area contributed by atoms with Crippen molar-refractivity contribution in [3.8, 4) is 0 Å². The summed E-state index contributed by atoms with van der Waals surface area (Å²) in [5.74, 6) is 0.448. The highest BCUT2D eigenvalue weighted by atomic mass is 35.5. The molecule has 0 amide bonds. The standard InChI is InChI=1S/C13H19ClN2/c1-16-7-5-12(13(15)6-8-16)10-3-2-4-11(14)9-10/h2-4,9,12-13H,5-8,15H2,1H3. The number of rotatable bonds is 1. The molecule has 0 aromatic heterocycles. The van der Waals surface area contributed by atoms with Gasteiger partial charge < -0.3 is 10.6 Å². The predicted molar refractivity (Wildman–Crippen MR) is 68.9 cm³/mol. The summed E-state index contributed by atoms with van der Waals surface area (Å²) in [7, 11) is 2.16. The molecule has 1 saturated heterocycles. The monoisotopic (exact) mass is 238 g/mol. The average Bonchev–Trinajstić information content (AvgIpc) is 2.42. The lowest BCUT2D eigenvalue weighted by molar-refractivity contribution is 0.346. The fraction of sp³-hybridized carbons (Fsp3) is 0.538. The molecule has 0 spiro atoms. The first-order chi connectivity index (χ1) is 7.66. The van der Waals surface area contributed by atoms with Gasteiger partial charge in [0, 0.05) is 17.0 Å². The summed E-state index contributed by atoms with van der Waals surface area (Å²) in [5.41, 5.74) is 7.54. The lowest BCUT2D eigenvalue weighted by Crippen LogP contribution is -2.28. The van der Waals surface area contributed by atoms with Gasteiger partial charge in [-0.15, -0.1) is 0 Å². The molecule has 1 aliphatic heterocycles. The second-order valence-corrected chi connectivity index (χ2v) is 5.14. The molecular formula is C13H19ClN2. The van der Waals surface area contributed by atoms with Crippen LogP contribution in [0.3, 0.4) is 0 Å². The van der Waals surface area contributed by atoms with Gasteiger partial charge in [0.2, 0.25) is 0 Å². The maximum absolute atomic E-state index is 6.25. The van der Waals surface area contributed by atoms with Gasteiger partial charge in [0.25, 0.3) is 0 Å². The van der Waals surface area contributed by atoms with Crippen molar-refractivity contribution in [1.82, 2.24) is 4.90 Å². The van der Waals surface area contributed by atoms with E-state index in [9.17, 15) is 0 Å². The molecule has 3 heteroatoms. The molecular weight excluding hydrogens is 220 g/mol. The Morgan fingerprint density at radius 2 is 2.06 bits per heavy atom. The molecule has 1 heterocycles. The first kappa shape index (κ1) is 11.9. The summed E-state index contributed by atoms with van der Waals surface area (Å²) < 4.78 is 0. The number of halogens is 1. The van der Waals surface area contributed by atoms with Crippen LogP contribution in [0.5, 0.6) is 0 Å². The maximum atomic E-state index is 6.25. The second-order valence-electron chi connectivity index (χ2n) is 4.71. The number of benzene rings is 1. The van der Waals surface area contributed by atoms with E-state index in [2.05, 4.69) is 24.1 Å². The predicted octanol–water partition coefficient (Wildman–Crippen LogP) is 2.48. The van der Waals surface area contributed by atoms with Crippen LogP contribution in [0.2, 0.25) is 5.02 Å². The Morgan fingerprint density at radius 3 is 2.81 bits per heavy atom. The quantitative estimate of drug-likeness (QED) is 0.815. The highest BCUT2D eigenvalue weighted by Gasteiger charge is 2.23. The van der Waals surface area contributed by atoms with E-state index >= 15 is 0 Å². The zero-order valence-corrected chi connectivity index (χ0v) is 10.5. The van der Waals surface area contributed by atoms with E-state index in [1.165, 1.54) is 5.56 Å². The van der Waals surface area contributed by atoms with E-state index in [-0.39, 0.29) is 6.04 Å². The van der Waals surface area contributed by atoms with Crippen LogP contribution in [0.1, 0.15) is 24.3 Å². The van der Waals surface area contributed by atoms with Crippen molar-refractivity contribution < 1.29 is 0 Å². The van der Waals surface area contributed by atoms with E-state index in [1.54, 1.807) is 0 Å². The van der Waals surface area contributed by atoms with Crippen molar-refractivity contribution in [2.24, 2.45) is 5.73 Å². The molecule has 2 nitrogen and oxygen atoms in total. The van der Waals surface area contributed by atoms with Crippen molar-refractivity contribution >= 4 is 11.6 Å². The molecule has 2 rings (SSSR count). The third-order valence-corrected chi connectivity index (χ3v) is 3.69. The van der Waals surface area contributed by atoms with Crippen LogP contribution in [-0.4, -0.2) is 31.1 Å². The molecule has 0 bridgehead atoms. The summed E-state index contributed by atoms with van der Waals surface area (Å²) in [5, 5.41) is 0.808. The van der Waals surface area contributed by atoms with Crippen LogP contribution in [-0.2, 0) is 0 Å². The third kappa shape index (κ3) is 2.76. The molecule has 2 atom stereocenters. The summed E-state index contributed by atoms with van der Waals surface area (Å²) in [6.45, 7) is 2.21.